The molecule has 2 nitrogen and oxygen atoms in total. The lowest BCUT2D eigenvalue weighted by Gasteiger charge is -2.13. The molecule has 0 rings (SSSR count). The highest BCUT2D eigenvalue weighted by atomic mass is 15.1. The van der Waals surface area contributed by atoms with Crippen molar-refractivity contribution in [1.82, 2.24) is 4.90 Å². The van der Waals surface area contributed by atoms with Crippen LogP contribution in [0.1, 0.15) is 34.6 Å². The molecule has 76 valence electrons. The predicted octanol–water partition coefficient (Wildman–Crippen LogP) is 1.95. The highest BCUT2D eigenvalue weighted by molar-refractivity contribution is 4.43. The van der Waals surface area contributed by atoms with Crippen LogP contribution in [0.5, 0.6) is 0 Å². The van der Waals surface area contributed by atoms with Gasteiger partial charge in [0.15, 0.2) is 0 Å². The lowest BCUT2D eigenvalue weighted by atomic mass is 10.2. The van der Waals surface area contributed by atoms with Gasteiger partial charge in [-0.05, 0) is 32.1 Å². The molecule has 0 aromatic carbocycles. The molecule has 12 heavy (non-hydrogen) atoms. The van der Waals surface area contributed by atoms with Crippen molar-refractivity contribution < 1.29 is 0 Å². The second kappa shape index (κ2) is 10.9. The summed E-state index contributed by atoms with van der Waals surface area (Å²) in [5.74, 6) is 0.662. The maximum absolute atomic E-state index is 5.17. The molecule has 0 aromatic heterocycles. The van der Waals surface area contributed by atoms with Gasteiger partial charge in [0, 0.05) is 0 Å². The number of rotatable bonds is 4. The molecule has 0 aromatic rings. The van der Waals surface area contributed by atoms with Crippen molar-refractivity contribution >= 4 is 0 Å². The number of nitrogens with two attached hydrogens (primary N) is 1. The third kappa shape index (κ3) is 12.6. The van der Waals surface area contributed by atoms with Crippen molar-refractivity contribution in [2.45, 2.75) is 34.6 Å². The van der Waals surface area contributed by atoms with Crippen molar-refractivity contribution in [3.8, 4) is 0 Å². The monoisotopic (exact) mass is 174 g/mol. The van der Waals surface area contributed by atoms with Gasteiger partial charge in [0.25, 0.3) is 0 Å². The smallest absolute Gasteiger partial charge is 0.00474 e. The van der Waals surface area contributed by atoms with E-state index < -0.39 is 0 Å². The minimum atomic E-state index is 0.662. The van der Waals surface area contributed by atoms with E-state index in [1.807, 2.05) is 0 Å². The standard InChI is InChI=1S/C6H15N.C4H11N/c1-4-7(5-2)6-3;1-4(2)3-5/h4-6H2,1-3H3;4H,3,5H2,1-2H3. The Morgan fingerprint density at radius 2 is 1.25 bits per heavy atom. The van der Waals surface area contributed by atoms with Gasteiger partial charge in [-0.15, -0.1) is 0 Å². The van der Waals surface area contributed by atoms with Crippen LogP contribution >= 0.6 is 0 Å². The molecular weight excluding hydrogens is 148 g/mol. The van der Waals surface area contributed by atoms with Gasteiger partial charge < -0.3 is 10.6 Å². The first-order chi connectivity index (χ1) is 5.62. The van der Waals surface area contributed by atoms with E-state index in [0.29, 0.717) is 5.92 Å². The summed E-state index contributed by atoms with van der Waals surface area (Å²) < 4.78 is 0. The molecule has 0 bridgehead atoms. The quantitative estimate of drug-likeness (QED) is 0.706. The zero-order valence-electron chi connectivity index (χ0n) is 9.43. The molecule has 0 unspecified atom stereocenters. The molecule has 2 N–H and O–H groups in total. The Balaban J connectivity index is 0. The van der Waals surface area contributed by atoms with Crippen LogP contribution in [0, 0.1) is 5.92 Å². The second-order valence-electron chi connectivity index (χ2n) is 3.25. The predicted molar refractivity (Wildman–Crippen MR) is 57.4 cm³/mol. The molecule has 0 aliphatic carbocycles. The summed E-state index contributed by atoms with van der Waals surface area (Å²) in [5.41, 5.74) is 5.17. The van der Waals surface area contributed by atoms with E-state index in [1.54, 1.807) is 0 Å². The average molecular weight is 174 g/mol. The Hall–Kier alpha value is -0.0800. The fraction of sp³-hybridized carbons (Fsp3) is 1.00. The summed E-state index contributed by atoms with van der Waals surface area (Å²) in [6.45, 7) is 15.1. The van der Waals surface area contributed by atoms with Crippen LogP contribution in [0.25, 0.3) is 0 Å². The van der Waals surface area contributed by atoms with Gasteiger partial charge in [0.1, 0.15) is 0 Å². The summed E-state index contributed by atoms with van der Waals surface area (Å²) in [5, 5.41) is 0. The third-order valence-corrected chi connectivity index (χ3v) is 1.81. The normalized spacial score (nSPS) is 10.0. The zero-order chi connectivity index (χ0) is 9.98. The number of hydrogen-bond acceptors (Lipinski definition) is 2. The van der Waals surface area contributed by atoms with Gasteiger partial charge in [0.05, 0.1) is 0 Å². The highest BCUT2D eigenvalue weighted by Gasteiger charge is 1.89. The maximum Gasteiger partial charge on any atom is -0.00474 e. The summed E-state index contributed by atoms with van der Waals surface area (Å²) >= 11 is 0. The van der Waals surface area contributed by atoms with E-state index >= 15 is 0 Å². The first-order valence-electron chi connectivity index (χ1n) is 5.04. The SMILES string of the molecule is CC(C)CN.CCN(CC)CC. The number of nitrogens with zero attached hydrogens (tertiary/aromatic N) is 1. The van der Waals surface area contributed by atoms with Crippen molar-refractivity contribution in [2.75, 3.05) is 26.2 Å². The Bertz CT molecular complexity index is 62.7. The molecule has 0 atom stereocenters. The van der Waals surface area contributed by atoms with Crippen LogP contribution < -0.4 is 5.73 Å². The van der Waals surface area contributed by atoms with Crippen LogP contribution in [0.15, 0.2) is 0 Å². The lowest BCUT2D eigenvalue weighted by molar-refractivity contribution is 0.321. The fourth-order valence-electron chi connectivity index (χ4n) is 0.671. The average Bonchev–Trinajstić information content (AvgIpc) is 2.09. The molecule has 0 amide bonds. The topological polar surface area (TPSA) is 29.3 Å². The molecule has 0 spiro atoms. The van der Waals surface area contributed by atoms with E-state index in [-0.39, 0.29) is 0 Å². The minimum absolute atomic E-state index is 0.662. The third-order valence-electron chi connectivity index (χ3n) is 1.81. The van der Waals surface area contributed by atoms with Crippen LogP contribution in [0.3, 0.4) is 0 Å². The molecule has 0 aliphatic rings. The molecule has 0 heterocycles. The van der Waals surface area contributed by atoms with Gasteiger partial charge >= 0.3 is 0 Å². The molecule has 0 aliphatic heterocycles. The first-order valence-corrected chi connectivity index (χ1v) is 5.04. The van der Waals surface area contributed by atoms with Gasteiger partial charge in [-0.3, -0.25) is 0 Å². The van der Waals surface area contributed by atoms with E-state index in [9.17, 15) is 0 Å². The first kappa shape index (κ1) is 14.4. The summed E-state index contributed by atoms with van der Waals surface area (Å²) in [6, 6.07) is 0. The largest absolute Gasteiger partial charge is 0.330 e. The van der Waals surface area contributed by atoms with Crippen LogP contribution in [0.4, 0.5) is 0 Å². The summed E-state index contributed by atoms with van der Waals surface area (Å²) in [6.07, 6.45) is 0. The second-order valence-corrected chi connectivity index (χ2v) is 3.25. The van der Waals surface area contributed by atoms with Crippen molar-refractivity contribution in [3.63, 3.8) is 0 Å². The molecular formula is C10H26N2. The van der Waals surface area contributed by atoms with Gasteiger partial charge in [-0.1, -0.05) is 34.6 Å². The summed E-state index contributed by atoms with van der Waals surface area (Å²) in [4.78, 5) is 2.38. The summed E-state index contributed by atoms with van der Waals surface area (Å²) in [7, 11) is 0. The molecule has 0 saturated heterocycles. The van der Waals surface area contributed by atoms with E-state index in [4.69, 9.17) is 5.73 Å². The molecule has 0 radical (unpaired) electrons. The van der Waals surface area contributed by atoms with Crippen LogP contribution in [0.2, 0.25) is 0 Å². The molecule has 0 saturated carbocycles. The molecule has 2 heteroatoms. The number of hydrogen-bond donors (Lipinski definition) is 1. The van der Waals surface area contributed by atoms with Crippen molar-refractivity contribution in [3.05, 3.63) is 0 Å². The van der Waals surface area contributed by atoms with E-state index in [1.165, 1.54) is 19.6 Å². The zero-order valence-corrected chi connectivity index (χ0v) is 9.43. The van der Waals surface area contributed by atoms with Gasteiger partial charge in [-0.25, -0.2) is 0 Å². The minimum Gasteiger partial charge on any atom is -0.330 e. The van der Waals surface area contributed by atoms with Gasteiger partial charge in [0.2, 0.25) is 0 Å². The van der Waals surface area contributed by atoms with Crippen molar-refractivity contribution in [2.24, 2.45) is 11.7 Å². The van der Waals surface area contributed by atoms with E-state index in [2.05, 4.69) is 39.5 Å². The molecule has 0 fully saturated rings. The maximum atomic E-state index is 5.17. The Kier molecular flexibility index (Phi) is 13.1. The highest BCUT2D eigenvalue weighted by Crippen LogP contribution is 1.82. The van der Waals surface area contributed by atoms with Crippen LogP contribution in [-0.4, -0.2) is 31.1 Å². The van der Waals surface area contributed by atoms with Crippen LogP contribution in [-0.2, 0) is 0 Å². The Morgan fingerprint density at radius 3 is 1.25 bits per heavy atom. The van der Waals surface area contributed by atoms with Crippen molar-refractivity contribution in [1.29, 1.82) is 0 Å². The Morgan fingerprint density at radius 1 is 1.00 bits per heavy atom. The Labute approximate surface area is 78.1 Å². The van der Waals surface area contributed by atoms with Gasteiger partial charge in [-0.2, -0.15) is 0 Å². The lowest BCUT2D eigenvalue weighted by Crippen LogP contribution is -2.21. The fourth-order valence-corrected chi connectivity index (χ4v) is 0.671. The van der Waals surface area contributed by atoms with E-state index in [0.717, 1.165) is 6.54 Å².